The fourth-order valence-corrected chi connectivity index (χ4v) is 5.22. The van der Waals surface area contributed by atoms with Crippen molar-refractivity contribution in [2.75, 3.05) is 14.1 Å². The summed E-state index contributed by atoms with van der Waals surface area (Å²) < 4.78 is 17.2. The van der Waals surface area contributed by atoms with Crippen LogP contribution in [-0.2, 0) is 11.3 Å². The molecular weight excluding hydrogens is 399 g/mol. The molecule has 0 fully saturated rings. The van der Waals surface area contributed by atoms with E-state index in [1.54, 1.807) is 25.1 Å². The van der Waals surface area contributed by atoms with E-state index in [0.29, 0.717) is 4.88 Å². The lowest BCUT2D eigenvalue weighted by Gasteiger charge is -2.20. The lowest BCUT2D eigenvalue weighted by Crippen LogP contribution is -2.26. The number of hydrogen-bond acceptors (Lipinski definition) is 3. The maximum atomic E-state index is 14.2. The second-order valence-electron chi connectivity index (χ2n) is 7.90. The van der Waals surface area contributed by atoms with Gasteiger partial charge in [0.1, 0.15) is 12.4 Å². The highest BCUT2D eigenvalue weighted by Gasteiger charge is 2.27. The number of amides is 1. The number of carbonyl (C=O) groups is 2. The van der Waals surface area contributed by atoms with Crippen LogP contribution in [-0.4, -0.2) is 35.8 Å². The molecule has 0 aliphatic carbocycles. The van der Waals surface area contributed by atoms with Gasteiger partial charge in [0.25, 0.3) is 0 Å². The number of fused-ring (bicyclic) bond motifs is 1. The third-order valence-corrected chi connectivity index (χ3v) is 6.56. The van der Waals surface area contributed by atoms with Crippen LogP contribution in [0.15, 0.2) is 30.3 Å². The second kappa shape index (κ2) is 9.56. The van der Waals surface area contributed by atoms with Crippen molar-refractivity contribution in [2.45, 2.75) is 52.0 Å². The topological polar surface area (TPSA) is 42.3 Å². The highest BCUT2D eigenvalue weighted by molar-refractivity contribution is 7.20. The van der Waals surface area contributed by atoms with Gasteiger partial charge in [-0.15, -0.1) is 11.3 Å². The number of benzene rings is 1. The first-order chi connectivity index (χ1) is 14.4. The molecular formula is C24H29FN2O2S. The zero-order chi connectivity index (χ0) is 21.8. The fourth-order valence-electron chi connectivity index (χ4n) is 4.12. The van der Waals surface area contributed by atoms with Crippen molar-refractivity contribution in [1.82, 2.24) is 9.47 Å². The number of hydrogen-bond donors (Lipinski definition) is 0. The minimum absolute atomic E-state index is 0.0440. The van der Waals surface area contributed by atoms with Gasteiger partial charge in [0, 0.05) is 19.7 Å². The number of likely N-dealkylation sites (N-methyl/N-ethyl adjacent to an activating group) is 1. The van der Waals surface area contributed by atoms with Gasteiger partial charge < -0.3 is 9.47 Å². The summed E-state index contributed by atoms with van der Waals surface area (Å²) in [5.74, 6) is -0.0586. The number of aromatic nitrogens is 1. The Kier molecular flexibility index (Phi) is 7.08. The van der Waals surface area contributed by atoms with E-state index in [0.717, 1.165) is 59.0 Å². The summed E-state index contributed by atoms with van der Waals surface area (Å²) in [5, 5.41) is 0. The molecule has 30 heavy (non-hydrogen) atoms. The van der Waals surface area contributed by atoms with Gasteiger partial charge in [0.05, 0.1) is 20.8 Å². The predicted molar refractivity (Wildman–Crippen MR) is 122 cm³/mol. The Morgan fingerprint density at radius 3 is 2.47 bits per heavy atom. The molecule has 2 aromatic heterocycles. The number of halogens is 1. The first-order valence-electron chi connectivity index (χ1n) is 10.5. The van der Waals surface area contributed by atoms with Gasteiger partial charge in [-0.05, 0) is 42.5 Å². The fraction of sp³-hybridized carbons (Fsp3) is 0.417. The summed E-state index contributed by atoms with van der Waals surface area (Å²) >= 11 is 1.47. The molecule has 0 radical (unpaired) electrons. The smallest absolute Gasteiger partial charge is 0.242 e. The second-order valence-corrected chi connectivity index (χ2v) is 8.99. The molecule has 0 bridgehead atoms. The molecule has 3 aromatic rings. The SMILES string of the molecule is CCCC(CCC)c1c(-c2cccc(F)c2)n(CC(=O)N(C)C)c2cc(C=O)sc12. The first kappa shape index (κ1) is 22.2. The van der Waals surface area contributed by atoms with Crippen molar-refractivity contribution in [3.05, 3.63) is 46.6 Å². The Morgan fingerprint density at radius 2 is 1.90 bits per heavy atom. The van der Waals surface area contributed by atoms with Crippen LogP contribution in [0.25, 0.3) is 21.5 Å². The maximum Gasteiger partial charge on any atom is 0.242 e. The monoisotopic (exact) mass is 428 g/mol. The van der Waals surface area contributed by atoms with E-state index in [4.69, 9.17) is 0 Å². The van der Waals surface area contributed by atoms with Crippen molar-refractivity contribution in [2.24, 2.45) is 0 Å². The van der Waals surface area contributed by atoms with Crippen LogP contribution < -0.4 is 0 Å². The predicted octanol–water partition coefficient (Wildman–Crippen LogP) is 6.09. The van der Waals surface area contributed by atoms with Crippen LogP contribution in [0.1, 0.15) is 60.7 Å². The van der Waals surface area contributed by atoms with Crippen molar-refractivity contribution in [3.63, 3.8) is 0 Å². The third-order valence-electron chi connectivity index (χ3n) is 5.48. The van der Waals surface area contributed by atoms with Crippen LogP contribution in [0.3, 0.4) is 0 Å². The average molecular weight is 429 g/mol. The van der Waals surface area contributed by atoms with Crippen molar-refractivity contribution < 1.29 is 14.0 Å². The van der Waals surface area contributed by atoms with Crippen LogP contribution in [0.2, 0.25) is 0 Å². The standard InChI is InChI=1S/C24H29FN2O2S/c1-5-8-16(9-6-2)22-23(17-10-7-11-18(25)12-17)27(14-21(29)26(3)4)20-13-19(15-28)30-24(20)22/h7,10-13,15-16H,5-6,8-9,14H2,1-4H3. The molecule has 0 N–H and O–H groups in total. The number of nitrogens with zero attached hydrogens (tertiary/aromatic N) is 2. The molecule has 3 rings (SSSR count). The molecule has 0 saturated carbocycles. The van der Waals surface area contributed by atoms with E-state index >= 15 is 0 Å². The third kappa shape index (κ3) is 4.33. The lowest BCUT2D eigenvalue weighted by atomic mass is 9.88. The van der Waals surface area contributed by atoms with E-state index < -0.39 is 0 Å². The number of aldehydes is 1. The van der Waals surface area contributed by atoms with E-state index in [2.05, 4.69) is 13.8 Å². The molecule has 0 unspecified atom stereocenters. The zero-order valence-corrected chi connectivity index (χ0v) is 18.9. The van der Waals surface area contributed by atoms with Crippen LogP contribution in [0.4, 0.5) is 4.39 Å². The maximum absolute atomic E-state index is 14.2. The molecule has 4 nitrogen and oxygen atoms in total. The quantitative estimate of drug-likeness (QED) is 0.387. The van der Waals surface area contributed by atoms with E-state index in [1.807, 2.05) is 16.7 Å². The summed E-state index contributed by atoms with van der Waals surface area (Å²) in [6.45, 7) is 4.48. The molecule has 1 amide bonds. The van der Waals surface area contributed by atoms with E-state index in [1.165, 1.54) is 23.5 Å². The molecule has 0 atom stereocenters. The lowest BCUT2D eigenvalue weighted by molar-refractivity contribution is -0.129. The van der Waals surface area contributed by atoms with Gasteiger partial charge in [0.2, 0.25) is 5.91 Å². The van der Waals surface area contributed by atoms with Gasteiger partial charge in [-0.25, -0.2) is 4.39 Å². The highest BCUT2D eigenvalue weighted by atomic mass is 32.1. The van der Waals surface area contributed by atoms with Gasteiger partial charge >= 0.3 is 0 Å². The summed E-state index contributed by atoms with van der Waals surface area (Å²) in [5.41, 5.74) is 3.69. The average Bonchev–Trinajstić information content (AvgIpc) is 3.25. The molecule has 0 aliphatic heterocycles. The summed E-state index contributed by atoms with van der Waals surface area (Å²) in [4.78, 5) is 26.4. The largest absolute Gasteiger partial charge is 0.347 e. The molecule has 0 spiro atoms. The van der Waals surface area contributed by atoms with Gasteiger partial charge in [-0.2, -0.15) is 0 Å². The molecule has 6 heteroatoms. The molecule has 0 aliphatic rings. The number of rotatable bonds is 9. The first-order valence-corrected chi connectivity index (χ1v) is 11.3. The molecule has 0 saturated heterocycles. The Morgan fingerprint density at radius 1 is 1.20 bits per heavy atom. The molecule has 160 valence electrons. The Labute approximate surface area is 181 Å². The van der Waals surface area contributed by atoms with E-state index in [-0.39, 0.29) is 24.2 Å². The van der Waals surface area contributed by atoms with Crippen LogP contribution in [0.5, 0.6) is 0 Å². The van der Waals surface area contributed by atoms with Gasteiger partial charge in [-0.3, -0.25) is 9.59 Å². The Bertz CT molecular complexity index is 1050. The number of thiophene rings is 1. The van der Waals surface area contributed by atoms with Crippen molar-refractivity contribution >= 4 is 33.7 Å². The van der Waals surface area contributed by atoms with Crippen molar-refractivity contribution in [1.29, 1.82) is 0 Å². The van der Waals surface area contributed by atoms with Gasteiger partial charge in [0.15, 0.2) is 6.29 Å². The molecule has 2 heterocycles. The number of carbonyl (C=O) groups excluding carboxylic acids is 2. The summed E-state index contributed by atoms with van der Waals surface area (Å²) in [6, 6.07) is 8.44. The highest BCUT2D eigenvalue weighted by Crippen LogP contribution is 2.45. The Hall–Kier alpha value is -2.47. The van der Waals surface area contributed by atoms with Crippen LogP contribution in [0, 0.1) is 5.82 Å². The zero-order valence-electron chi connectivity index (χ0n) is 18.1. The van der Waals surface area contributed by atoms with E-state index in [9.17, 15) is 14.0 Å². The van der Waals surface area contributed by atoms with Crippen LogP contribution >= 0.6 is 11.3 Å². The van der Waals surface area contributed by atoms with Gasteiger partial charge in [-0.1, -0.05) is 38.8 Å². The Balaban J connectivity index is 2.36. The van der Waals surface area contributed by atoms with Crippen molar-refractivity contribution in [3.8, 4) is 11.3 Å². The minimum atomic E-state index is -0.301. The summed E-state index contributed by atoms with van der Waals surface area (Å²) in [6.07, 6.45) is 4.93. The molecule has 1 aromatic carbocycles. The normalized spacial score (nSPS) is 11.4. The minimum Gasteiger partial charge on any atom is -0.347 e. The summed E-state index contributed by atoms with van der Waals surface area (Å²) in [7, 11) is 3.46.